The Labute approximate surface area is 122 Å². The number of carbonyl (C=O) groups excluding carboxylic acids is 1. The van der Waals surface area contributed by atoms with Crippen LogP contribution < -0.4 is 0 Å². The second kappa shape index (κ2) is 6.37. The van der Waals surface area contributed by atoms with Gasteiger partial charge in [0.25, 0.3) is 5.91 Å². The lowest BCUT2D eigenvalue weighted by Gasteiger charge is -2.26. The molecule has 1 unspecified atom stereocenters. The maximum Gasteiger partial charge on any atom is 0.323 e. The van der Waals surface area contributed by atoms with Crippen molar-refractivity contribution in [2.24, 2.45) is 0 Å². The number of carboxylic acid groups (broad SMARTS) is 1. The lowest BCUT2D eigenvalue weighted by molar-refractivity contribution is -0.138. The average Bonchev–Trinajstić information content (AvgIpc) is 2.86. The van der Waals surface area contributed by atoms with Gasteiger partial charge in [-0.2, -0.15) is 0 Å². The molecule has 5 nitrogen and oxygen atoms in total. The van der Waals surface area contributed by atoms with Gasteiger partial charge in [-0.3, -0.25) is 9.59 Å². The van der Waals surface area contributed by atoms with E-state index in [-0.39, 0.29) is 18.5 Å². The number of hydrogen-bond acceptors (Lipinski definition) is 4. The number of rotatable bonds is 5. The van der Waals surface area contributed by atoms with E-state index < -0.39 is 5.97 Å². The first-order valence-corrected chi connectivity index (χ1v) is 7.56. The minimum absolute atomic E-state index is 0.0889. The molecule has 110 valence electrons. The molecule has 0 radical (unpaired) electrons. The highest BCUT2D eigenvalue weighted by Crippen LogP contribution is 2.28. The van der Waals surface area contributed by atoms with Crippen LogP contribution in [0, 0.1) is 0 Å². The average molecular weight is 297 g/mol. The van der Waals surface area contributed by atoms with Gasteiger partial charge in [-0.25, -0.2) is 0 Å². The van der Waals surface area contributed by atoms with Crippen molar-refractivity contribution < 1.29 is 19.4 Å². The first-order chi connectivity index (χ1) is 9.52. The van der Waals surface area contributed by atoms with Crippen LogP contribution in [0.3, 0.4) is 0 Å². The molecule has 0 aromatic carbocycles. The molecule has 1 N–H and O–H groups in total. The van der Waals surface area contributed by atoms with Crippen molar-refractivity contribution in [1.29, 1.82) is 0 Å². The number of fused-ring (bicyclic) bond motifs is 1. The van der Waals surface area contributed by atoms with Crippen LogP contribution in [-0.2, 0) is 22.6 Å². The fourth-order valence-corrected chi connectivity index (χ4v) is 3.29. The Hall–Kier alpha value is -1.40. The maximum atomic E-state index is 12.5. The third kappa shape index (κ3) is 3.19. The maximum absolute atomic E-state index is 12.5. The molecule has 6 heteroatoms. The highest BCUT2D eigenvalue weighted by molar-refractivity contribution is 7.14. The van der Waals surface area contributed by atoms with Crippen LogP contribution in [0.15, 0.2) is 6.07 Å². The first-order valence-electron chi connectivity index (χ1n) is 6.75. The Morgan fingerprint density at radius 2 is 2.30 bits per heavy atom. The van der Waals surface area contributed by atoms with Crippen LogP contribution in [0.2, 0.25) is 0 Å². The Morgan fingerprint density at radius 3 is 2.90 bits per heavy atom. The summed E-state index contributed by atoms with van der Waals surface area (Å²) in [7, 11) is 0. The van der Waals surface area contributed by atoms with Gasteiger partial charge in [-0.1, -0.05) is 6.92 Å². The van der Waals surface area contributed by atoms with Gasteiger partial charge in [0.05, 0.1) is 18.1 Å². The number of carbonyl (C=O) groups is 2. The van der Waals surface area contributed by atoms with Crippen molar-refractivity contribution in [3.63, 3.8) is 0 Å². The third-order valence-electron chi connectivity index (χ3n) is 3.53. The Morgan fingerprint density at radius 1 is 1.55 bits per heavy atom. The monoisotopic (exact) mass is 297 g/mol. The number of carboxylic acids is 1. The molecule has 1 aliphatic rings. The summed E-state index contributed by atoms with van der Waals surface area (Å²) in [6, 6.07) is 1.76. The summed E-state index contributed by atoms with van der Waals surface area (Å²) in [4.78, 5) is 26.7. The fourth-order valence-electron chi connectivity index (χ4n) is 2.19. The van der Waals surface area contributed by atoms with Gasteiger partial charge < -0.3 is 14.7 Å². The molecule has 0 spiro atoms. The molecular formula is C14H19NO4S. The Bertz CT molecular complexity index is 488. The molecule has 0 aliphatic carbocycles. The number of ether oxygens (including phenoxy) is 1. The normalized spacial score (nSPS) is 15.5. The summed E-state index contributed by atoms with van der Waals surface area (Å²) < 4.78 is 5.37. The SMILES string of the molecule is CCC(C)N(CC(=O)O)C(=O)c1cc2c(s1)CCOC2. The minimum Gasteiger partial charge on any atom is -0.480 e. The smallest absolute Gasteiger partial charge is 0.323 e. The van der Waals surface area contributed by atoms with Crippen molar-refractivity contribution in [3.05, 3.63) is 21.4 Å². The molecule has 2 heterocycles. The van der Waals surface area contributed by atoms with E-state index in [1.54, 1.807) is 0 Å². The van der Waals surface area contributed by atoms with E-state index in [1.165, 1.54) is 21.1 Å². The second-order valence-corrected chi connectivity index (χ2v) is 6.08. The quantitative estimate of drug-likeness (QED) is 0.904. The largest absolute Gasteiger partial charge is 0.480 e. The van der Waals surface area contributed by atoms with E-state index in [0.29, 0.717) is 18.1 Å². The zero-order valence-electron chi connectivity index (χ0n) is 11.7. The number of nitrogens with zero attached hydrogens (tertiary/aromatic N) is 1. The van der Waals surface area contributed by atoms with E-state index in [9.17, 15) is 9.59 Å². The summed E-state index contributed by atoms with van der Waals surface area (Å²) in [5.41, 5.74) is 1.06. The summed E-state index contributed by atoms with van der Waals surface area (Å²) in [5.74, 6) is -1.18. The highest BCUT2D eigenvalue weighted by atomic mass is 32.1. The van der Waals surface area contributed by atoms with Crippen LogP contribution >= 0.6 is 11.3 Å². The number of thiophene rings is 1. The van der Waals surface area contributed by atoms with Crippen LogP contribution in [-0.4, -0.2) is 41.1 Å². The topological polar surface area (TPSA) is 66.8 Å². The van der Waals surface area contributed by atoms with Gasteiger partial charge >= 0.3 is 5.97 Å². The van der Waals surface area contributed by atoms with Gasteiger partial charge in [0.15, 0.2) is 0 Å². The van der Waals surface area contributed by atoms with E-state index in [1.807, 2.05) is 19.9 Å². The van der Waals surface area contributed by atoms with Gasteiger partial charge in [0.2, 0.25) is 0 Å². The van der Waals surface area contributed by atoms with Crippen molar-refractivity contribution in [1.82, 2.24) is 4.90 Å². The Balaban J connectivity index is 2.22. The van der Waals surface area contributed by atoms with Crippen molar-refractivity contribution in [2.45, 2.75) is 39.3 Å². The molecule has 0 saturated heterocycles. The predicted octanol–water partition coefficient (Wildman–Crippen LogP) is 2.15. The van der Waals surface area contributed by atoms with E-state index in [2.05, 4.69) is 0 Å². The van der Waals surface area contributed by atoms with Gasteiger partial charge in [0, 0.05) is 17.3 Å². The molecule has 0 bridgehead atoms. The molecule has 1 aromatic heterocycles. The molecule has 1 aromatic rings. The third-order valence-corrected chi connectivity index (χ3v) is 4.75. The van der Waals surface area contributed by atoms with Crippen LogP contribution in [0.5, 0.6) is 0 Å². The van der Waals surface area contributed by atoms with E-state index >= 15 is 0 Å². The zero-order valence-corrected chi connectivity index (χ0v) is 12.5. The number of hydrogen-bond donors (Lipinski definition) is 1. The standard InChI is InChI=1S/C14H19NO4S/c1-3-9(2)15(7-13(16)17)14(18)12-6-10-8-19-5-4-11(10)20-12/h6,9H,3-5,7-8H2,1-2H3,(H,16,17). The number of amides is 1. The van der Waals surface area contributed by atoms with Gasteiger partial charge in [0.1, 0.15) is 6.54 Å². The van der Waals surface area contributed by atoms with Crippen molar-refractivity contribution in [3.8, 4) is 0 Å². The minimum atomic E-state index is -0.983. The molecule has 1 amide bonds. The predicted molar refractivity (Wildman–Crippen MR) is 76.1 cm³/mol. The number of aliphatic carboxylic acids is 1. The Kier molecular flexibility index (Phi) is 4.77. The highest BCUT2D eigenvalue weighted by Gasteiger charge is 2.26. The zero-order chi connectivity index (χ0) is 14.7. The second-order valence-electron chi connectivity index (χ2n) is 4.95. The molecule has 0 fully saturated rings. The molecule has 0 saturated carbocycles. The fraction of sp³-hybridized carbons (Fsp3) is 0.571. The molecule has 20 heavy (non-hydrogen) atoms. The van der Waals surface area contributed by atoms with Crippen molar-refractivity contribution >= 4 is 23.2 Å². The lowest BCUT2D eigenvalue weighted by Crippen LogP contribution is -2.41. The van der Waals surface area contributed by atoms with Gasteiger partial charge in [-0.15, -0.1) is 11.3 Å². The van der Waals surface area contributed by atoms with Crippen molar-refractivity contribution in [2.75, 3.05) is 13.2 Å². The van der Waals surface area contributed by atoms with Gasteiger partial charge in [-0.05, 0) is 25.0 Å². The summed E-state index contributed by atoms with van der Waals surface area (Å²) in [5, 5.41) is 8.98. The van der Waals surface area contributed by atoms with E-state index in [0.717, 1.165) is 18.4 Å². The molecular weight excluding hydrogens is 278 g/mol. The molecule has 1 atom stereocenters. The van der Waals surface area contributed by atoms with Crippen LogP contribution in [0.25, 0.3) is 0 Å². The lowest BCUT2D eigenvalue weighted by atomic mass is 10.1. The van der Waals surface area contributed by atoms with Crippen LogP contribution in [0.4, 0.5) is 0 Å². The molecule has 2 rings (SSSR count). The van der Waals surface area contributed by atoms with E-state index in [4.69, 9.17) is 9.84 Å². The summed E-state index contributed by atoms with van der Waals surface area (Å²) >= 11 is 1.46. The first kappa shape index (κ1) is 15.0. The molecule has 1 aliphatic heterocycles. The summed E-state index contributed by atoms with van der Waals surface area (Å²) in [6.07, 6.45) is 1.56. The summed E-state index contributed by atoms with van der Waals surface area (Å²) in [6.45, 7) is 4.79. The van der Waals surface area contributed by atoms with Crippen LogP contribution in [0.1, 0.15) is 40.4 Å².